The summed E-state index contributed by atoms with van der Waals surface area (Å²) in [4.78, 5) is 51.3. The number of carbonyl (C=O) groups excluding carboxylic acids is 2. The molecule has 15 nitrogen and oxygen atoms in total. The van der Waals surface area contributed by atoms with Crippen LogP contribution in [0.3, 0.4) is 0 Å². The number of hydrogen-bond acceptors (Lipinski definition) is 13. The number of amides is 2. The third-order valence-electron chi connectivity index (χ3n) is 6.18. The lowest BCUT2D eigenvalue weighted by molar-refractivity contribution is -0.385. The summed E-state index contributed by atoms with van der Waals surface area (Å²) in [5.74, 6) is -0.365. The molecule has 3 heterocycles. The van der Waals surface area contributed by atoms with Gasteiger partial charge in [-0.2, -0.15) is 4.90 Å². The van der Waals surface area contributed by atoms with E-state index < -0.39 is 43.4 Å². The number of ether oxygens (including phenoxy) is 2. The van der Waals surface area contributed by atoms with Gasteiger partial charge in [0.25, 0.3) is 5.69 Å². The Bertz CT molecular complexity index is 1880. The second kappa shape index (κ2) is 12.9. The van der Waals surface area contributed by atoms with Crippen molar-refractivity contribution in [2.24, 2.45) is 0 Å². The summed E-state index contributed by atoms with van der Waals surface area (Å²) in [6.45, 7) is 12.9. The van der Waals surface area contributed by atoms with Crippen LogP contribution in [0.5, 0.6) is 0 Å². The fourth-order valence-corrected chi connectivity index (χ4v) is 5.01. The molecule has 248 valence electrons. The van der Waals surface area contributed by atoms with Crippen molar-refractivity contribution in [2.45, 2.75) is 76.7 Å². The highest BCUT2D eigenvalue weighted by Crippen LogP contribution is 2.34. The molecule has 0 spiro atoms. The Morgan fingerprint density at radius 1 is 0.872 bits per heavy atom. The van der Waals surface area contributed by atoms with Gasteiger partial charge in [0.1, 0.15) is 23.1 Å². The summed E-state index contributed by atoms with van der Waals surface area (Å²) < 4.78 is 41.9. The molecule has 0 radical (unpaired) electrons. The minimum absolute atomic E-state index is 0.0550. The molecule has 0 fully saturated rings. The summed E-state index contributed by atoms with van der Waals surface area (Å²) in [5.41, 5.74) is -1.28. The van der Waals surface area contributed by atoms with Crippen molar-refractivity contribution in [2.75, 3.05) is 4.90 Å². The number of rotatable bonds is 7. The summed E-state index contributed by atoms with van der Waals surface area (Å²) in [6.07, 6.45) is 0.151. The zero-order chi connectivity index (χ0) is 34.9. The smallest absolute Gasteiger partial charge is 0.425 e. The molecule has 0 atom stereocenters. The van der Waals surface area contributed by atoms with Gasteiger partial charge in [0.05, 0.1) is 32.7 Å². The lowest BCUT2D eigenvalue weighted by Gasteiger charge is -2.28. The molecule has 0 aliphatic rings. The molecule has 0 unspecified atom stereocenters. The maximum absolute atomic E-state index is 13.5. The summed E-state index contributed by atoms with van der Waals surface area (Å²) in [7, 11) is -3.54. The molecule has 47 heavy (non-hydrogen) atoms. The molecule has 0 N–H and O–H groups in total. The highest BCUT2D eigenvalue weighted by Gasteiger charge is 2.37. The van der Waals surface area contributed by atoms with E-state index in [4.69, 9.17) is 14.0 Å². The highest BCUT2D eigenvalue weighted by atomic mass is 32.2. The van der Waals surface area contributed by atoms with Crippen LogP contribution in [0.4, 0.5) is 21.1 Å². The zero-order valence-electron chi connectivity index (χ0n) is 27.0. The summed E-state index contributed by atoms with van der Waals surface area (Å²) >= 11 is 0. The Morgan fingerprint density at radius 3 is 1.96 bits per heavy atom. The first-order valence-electron chi connectivity index (χ1n) is 14.3. The standard InChI is InChI=1S/C31H34N6O9S/c1-18(2)47(42,43)21-12-9-19(10-13-21)24-17-33-27(36(28(38)44-30(3,4)5)29(39)45-31(6,7)8)26(34-24)25-15-23(35-46-25)22-14-11-20(16-32-22)37(40)41/h9-18H,1-8H3. The predicted molar refractivity (Wildman–Crippen MR) is 170 cm³/mol. The Labute approximate surface area is 271 Å². The van der Waals surface area contributed by atoms with Gasteiger partial charge in [-0.3, -0.25) is 10.1 Å². The number of aromatic nitrogens is 4. The zero-order valence-corrected chi connectivity index (χ0v) is 27.9. The van der Waals surface area contributed by atoms with E-state index in [9.17, 15) is 28.1 Å². The van der Waals surface area contributed by atoms with E-state index in [0.717, 1.165) is 6.20 Å². The van der Waals surface area contributed by atoms with Crippen LogP contribution in [0.15, 0.2) is 64.3 Å². The Hall–Kier alpha value is -5.25. The van der Waals surface area contributed by atoms with Crippen molar-refractivity contribution in [3.05, 3.63) is 65.0 Å². The van der Waals surface area contributed by atoms with Gasteiger partial charge >= 0.3 is 12.2 Å². The van der Waals surface area contributed by atoms with E-state index in [2.05, 4.69) is 20.1 Å². The van der Waals surface area contributed by atoms with E-state index in [0.29, 0.717) is 10.5 Å². The number of sulfone groups is 1. The SMILES string of the molecule is CC(C)S(=O)(=O)c1ccc(-c2cnc(N(C(=O)OC(C)(C)C)C(=O)OC(C)(C)C)c(-c3cc(-c4ccc([N+](=O)[O-])cn4)no3)n2)cc1. The third kappa shape index (κ3) is 8.13. The first-order chi connectivity index (χ1) is 21.8. The molecule has 16 heteroatoms. The second-order valence-corrected chi connectivity index (χ2v) is 15.1. The van der Waals surface area contributed by atoms with E-state index >= 15 is 0 Å². The molecule has 0 saturated carbocycles. The number of anilines is 1. The topological polar surface area (TPSA) is 198 Å². The lowest BCUT2D eigenvalue weighted by Crippen LogP contribution is -2.44. The largest absolute Gasteiger partial charge is 0.443 e. The van der Waals surface area contributed by atoms with E-state index in [1.165, 1.54) is 36.5 Å². The molecule has 3 aromatic heterocycles. The molecule has 0 aliphatic carbocycles. The van der Waals surface area contributed by atoms with Gasteiger partial charge in [-0.1, -0.05) is 17.3 Å². The van der Waals surface area contributed by atoms with Gasteiger partial charge in [-0.05, 0) is 73.6 Å². The van der Waals surface area contributed by atoms with Crippen LogP contribution in [0.2, 0.25) is 0 Å². The number of carbonyl (C=O) groups is 2. The maximum Gasteiger partial charge on any atom is 0.425 e. The normalized spacial score (nSPS) is 12.1. The second-order valence-electron chi connectivity index (χ2n) is 12.6. The molecule has 0 saturated heterocycles. The van der Waals surface area contributed by atoms with Crippen LogP contribution in [0.25, 0.3) is 34.1 Å². The number of nitro groups is 1. The van der Waals surface area contributed by atoms with Crippen molar-refractivity contribution in [3.63, 3.8) is 0 Å². The molecule has 0 aliphatic heterocycles. The Kier molecular flexibility index (Phi) is 9.47. The Morgan fingerprint density at radius 2 is 1.47 bits per heavy atom. The number of pyridine rings is 1. The van der Waals surface area contributed by atoms with E-state index in [-0.39, 0.29) is 44.9 Å². The Balaban J connectivity index is 1.89. The van der Waals surface area contributed by atoms with Crippen molar-refractivity contribution < 1.29 is 36.9 Å². The van der Waals surface area contributed by atoms with Crippen molar-refractivity contribution in [1.82, 2.24) is 20.1 Å². The van der Waals surface area contributed by atoms with Gasteiger partial charge in [0.15, 0.2) is 27.1 Å². The van der Waals surface area contributed by atoms with Crippen LogP contribution < -0.4 is 4.90 Å². The van der Waals surface area contributed by atoms with Gasteiger partial charge in [-0.25, -0.2) is 33.0 Å². The van der Waals surface area contributed by atoms with Crippen LogP contribution in [-0.2, 0) is 19.3 Å². The molecule has 4 aromatic rings. The number of benzene rings is 1. The van der Waals surface area contributed by atoms with Gasteiger partial charge in [0.2, 0.25) is 0 Å². The molecular formula is C31H34N6O9S. The fourth-order valence-electron chi connectivity index (χ4n) is 3.95. The minimum atomic E-state index is -3.54. The maximum atomic E-state index is 13.5. The first-order valence-corrected chi connectivity index (χ1v) is 15.9. The quantitative estimate of drug-likeness (QED) is 0.151. The van der Waals surface area contributed by atoms with Gasteiger partial charge < -0.3 is 14.0 Å². The minimum Gasteiger partial charge on any atom is -0.443 e. The number of nitrogens with zero attached hydrogens (tertiary/aromatic N) is 6. The average molecular weight is 667 g/mol. The number of hydrogen-bond donors (Lipinski definition) is 0. The lowest BCUT2D eigenvalue weighted by atomic mass is 10.1. The average Bonchev–Trinajstić information content (AvgIpc) is 3.46. The highest BCUT2D eigenvalue weighted by molar-refractivity contribution is 7.92. The fraction of sp³-hybridized carbons (Fsp3) is 0.355. The third-order valence-corrected chi connectivity index (χ3v) is 8.35. The summed E-state index contributed by atoms with van der Waals surface area (Å²) in [5, 5.41) is 14.5. The summed E-state index contributed by atoms with van der Waals surface area (Å²) in [6, 6.07) is 10.0. The monoisotopic (exact) mass is 666 g/mol. The molecular weight excluding hydrogens is 632 g/mol. The van der Waals surface area contributed by atoms with Crippen molar-refractivity contribution in [3.8, 4) is 34.1 Å². The van der Waals surface area contributed by atoms with Crippen LogP contribution in [0.1, 0.15) is 55.4 Å². The van der Waals surface area contributed by atoms with Crippen LogP contribution in [0, 0.1) is 10.1 Å². The van der Waals surface area contributed by atoms with Crippen LogP contribution >= 0.6 is 0 Å². The van der Waals surface area contributed by atoms with E-state index in [1.807, 2.05) is 0 Å². The van der Waals surface area contributed by atoms with Crippen molar-refractivity contribution >= 4 is 33.5 Å². The molecule has 1 aromatic carbocycles. The van der Waals surface area contributed by atoms with Crippen LogP contribution in [-0.4, -0.2) is 62.1 Å². The number of imide groups is 1. The first kappa shape index (κ1) is 34.6. The van der Waals surface area contributed by atoms with Gasteiger partial charge in [0, 0.05) is 17.7 Å². The van der Waals surface area contributed by atoms with E-state index in [1.54, 1.807) is 67.5 Å². The molecule has 0 bridgehead atoms. The predicted octanol–water partition coefficient (Wildman–Crippen LogP) is 6.63. The molecule has 2 amide bonds. The van der Waals surface area contributed by atoms with Crippen molar-refractivity contribution in [1.29, 1.82) is 0 Å². The van der Waals surface area contributed by atoms with Gasteiger partial charge in [-0.15, -0.1) is 0 Å². The molecule has 4 rings (SSSR count).